The third kappa shape index (κ3) is 5.81. The molecule has 7 nitrogen and oxygen atoms in total. The van der Waals surface area contributed by atoms with E-state index < -0.39 is 43.4 Å². The van der Waals surface area contributed by atoms with E-state index in [2.05, 4.69) is 62.4 Å². The van der Waals surface area contributed by atoms with Crippen LogP contribution in [0.5, 0.6) is 0 Å². The second-order valence-corrected chi connectivity index (χ2v) is 15.0. The van der Waals surface area contributed by atoms with Gasteiger partial charge in [-0.05, 0) is 55.9 Å². The molecule has 3 atom stereocenters. The topological polar surface area (TPSA) is 67.7 Å². The molecule has 0 N–H and O–H groups in total. The number of hydrogen-bond acceptors (Lipinski definition) is 7. The minimum Gasteiger partial charge on any atom is -0.477 e. The molecule has 3 aliphatic heterocycles. The van der Waals surface area contributed by atoms with E-state index in [4.69, 9.17) is 32.8 Å². The van der Waals surface area contributed by atoms with Crippen molar-refractivity contribution in [2.75, 3.05) is 6.61 Å². The first-order valence-electron chi connectivity index (χ1n) is 16.7. The van der Waals surface area contributed by atoms with Gasteiger partial charge in [-0.3, -0.25) is 13.6 Å². The van der Waals surface area contributed by atoms with Crippen molar-refractivity contribution in [3.8, 4) is 0 Å². The fraction of sp³-hybridized carbons (Fsp3) is 0.375. The zero-order valence-electron chi connectivity index (χ0n) is 28.4. The van der Waals surface area contributed by atoms with Crippen molar-refractivity contribution in [1.82, 2.24) is 0 Å². The van der Waals surface area contributed by atoms with Crippen LogP contribution in [0.4, 0.5) is 0 Å². The Labute approximate surface area is 285 Å². The highest BCUT2D eigenvalue weighted by Gasteiger charge is 2.67. The molecule has 0 bridgehead atoms. The zero-order chi connectivity index (χ0) is 33.6. The summed E-state index contributed by atoms with van der Waals surface area (Å²) in [6.07, 6.45) is -1.36. The predicted octanol–water partition coefficient (Wildman–Crippen LogP) is 8.92. The summed E-state index contributed by atoms with van der Waals surface area (Å²) in [6, 6.07) is 40.8. The van der Waals surface area contributed by atoms with Crippen molar-refractivity contribution in [3.63, 3.8) is 0 Å². The van der Waals surface area contributed by atoms with Crippen LogP contribution in [0, 0.1) is 5.92 Å². The number of ether oxygens (including phenoxy) is 3. The van der Waals surface area contributed by atoms with E-state index in [9.17, 15) is 0 Å². The Morgan fingerprint density at radius 2 is 1.04 bits per heavy atom. The Bertz CT molecular complexity index is 1530. The molecule has 8 heteroatoms. The fourth-order valence-electron chi connectivity index (χ4n) is 6.98. The minimum atomic E-state index is -2.18. The van der Waals surface area contributed by atoms with Gasteiger partial charge in [0.2, 0.25) is 5.90 Å². The standard InChI is InChI=1S/C40H44NO6P/c1-28(2)33-27-42-36(41-33)37(3,4)45-48-46-39(29-19-11-7-12-20-29,30-21-13-8-14-22-30)34-35(44-38(5,6)43-34)40(47-48,31-23-15-9-16-24-31)32-25-17-10-18-26-32/h7-26,28,33-35H,27H2,1-6H3/t33-,34+,35+/m0/s1. The monoisotopic (exact) mass is 665 g/mol. The molecule has 2 fully saturated rings. The van der Waals surface area contributed by atoms with Crippen molar-refractivity contribution in [2.45, 2.75) is 82.4 Å². The lowest BCUT2D eigenvalue weighted by Gasteiger charge is -2.41. The van der Waals surface area contributed by atoms with E-state index in [-0.39, 0.29) is 6.04 Å². The molecular weight excluding hydrogens is 621 g/mol. The maximum absolute atomic E-state index is 7.45. The van der Waals surface area contributed by atoms with Crippen molar-refractivity contribution in [2.24, 2.45) is 10.9 Å². The van der Waals surface area contributed by atoms with Crippen LogP contribution in [-0.4, -0.2) is 42.1 Å². The van der Waals surface area contributed by atoms with E-state index in [0.717, 1.165) is 22.3 Å². The summed E-state index contributed by atoms with van der Waals surface area (Å²) in [4.78, 5) is 4.95. The highest BCUT2D eigenvalue weighted by atomic mass is 31.2. The van der Waals surface area contributed by atoms with E-state index >= 15 is 0 Å². The lowest BCUT2D eigenvalue weighted by atomic mass is 9.72. The number of hydrogen-bond donors (Lipinski definition) is 0. The molecule has 2 saturated heterocycles. The van der Waals surface area contributed by atoms with Gasteiger partial charge in [-0.1, -0.05) is 135 Å². The minimum absolute atomic E-state index is 0.0514. The van der Waals surface area contributed by atoms with E-state index in [1.54, 1.807) is 0 Å². The first-order valence-corrected chi connectivity index (χ1v) is 17.8. The predicted molar refractivity (Wildman–Crippen MR) is 187 cm³/mol. The summed E-state index contributed by atoms with van der Waals surface area (Å²) in [5.41, 5.74) is 0.216. The Balaban J connectivity index is 1.50. The van der Waals surface area contributed by atoms with E-state index in [1.165, 1.54) is 0 Å². The van der Waals surface area contributed by atoms with Crippen LogP contribution in [0.1, 0.15) is 63.8 Å². The van der Waals surface area contributed by atoms with E-state index in [0.29, 0.717) is 18.4 Å². The first kappa shape index (κ1) is 33.1. The van der Waals surface area contributed by atoms with Gasteiger partial charge >= 0.3 is 8.60 Å². The molecule has 0 saturated carbocycles. The molecule has 0 unspecified atom stereocenters. The van der Waals surface area contributed by atoms with Gasteiger partial charge in [-0.25, -0.2) is 4.99 Å². The largest absolute Gasteiger partial charge is 0.477 e. The van der Waals surface area contributed by atoms with Gasteiger partial charge < -0.3 is 14.2 Å². The normalized spacial score (nSPS) is 24.8. The Kier molecular flexibility index (Phi) is 8.82. The van der Waals surface area contributed by atoms with Crippen molar-refractivity contribution in [1.29, 1.82) is 0 Å². The van der Waals surface area contributed by atoms with Crippen molar-refractivity contribution < 1.29 is 27.8 Å². The van der Waals surface area contributed by atoms with Crippen molar-refractivity contribution in [3.05, 3.63) is 144 Å². The smallest absolute Gasteiger partial charge is 0.336 e. The van der Waals surface area contributed by atoms with Crippen LogP contribution in [0.3, 0.4) is 0 Å². The lowest BCUT2D eigenvalue weighted by Crippen LogP contribution is -2.53. The second-order valence-electron chi connectivity index (χ2n) is 14.0. The molecule has 48 heavy (non-hydrogen) atoms. The molecule has 0 spiro atoms. The summed E-state index contributed by atoms with van der Waals surface area (Å²) < 4.78 is 42.2. The first-order chi connectivity index (χ1) is 23.1. The average Bonchev–Trinajstić information content (AvgIpc) is 3.71. The molecule has 7 rings (SSSR count). The molecule has 0 aliphatic carbocycles. The molecule has 250 valence electrons. The number of fused-ring (bicyclic) bond motifs is 1. The SMILES string of the molecule is CC(C)[C@@H]1COC(C(C)(C)OP2OC(c3ccccc3)(c3ccccc3)[C@@H]3OC(C)(C)O[C@H]3C(c3ccccc3)(c3ccccc3)O2)=N1. The van der Waals surface area contributed by atoms with Crippen LogP contribution in [0.25, 0.3) is 0 Å². The highest BCUT2D eigenvalue weighted by Crippen LogP contribution is 2.66. The Morgan fingerprint density at radius 3 is 1.38 bits per heavy atom. The summed E-state index contributed by atoms with van der Waals surface area (Å²) in [5.74, 6) is -0.104. The van der Waals surface area contributed by atoms with Gasteiger partial charge in [-0.2, -0.15) is 0 Å². The van der Waals surface area contributed by atoms with Crippen LogP contribution >= 0.6 is 8.60 Å². The molecule has 3 heterocycles. The van der Waals surface area contributed by atoms with Gasteiger partial charge in [0.15, 0.2) is 17.0 Å². The third-order valence-corrected chi connectivity index (χ3v) is 10.9. The number of benzene rings is 4. The number of aliphatic imine (C=N–C) groups is 1. The Hall–Kier alpha value is -3.42. The molecule has 0 radical (unpaired) electrons. The maximum atomic E-state index is 7.45. The van der Waals surface area contributed by atoms with Gasteiger partial charge in [0.1, 0.15) is 24.4 Å². The molecule has 4 aromatic carbocycles. The average molecular weight is 666 g/mol. The second kappa shape index (κ2) is 12.8. The van der Waals surface area contributed by atoms with Gasteiger partial charge in [-0.15, -0.1) is 0 Å². The summed E-state index contributed by atoms with van der Waals surface area (Å²) >= 11 is 0. The van der Waals surface area contributed by atoms with Crippen LogP contribution in [-0.2, 0) is 39.0 Å². The zero-order valence-corrected chi connectivity index (χ0v) is 29.3. The van der Waals surface area contributed by atoms with Crippen LogP contribution < -0.4 is 0 Å². The van der Waals surface area contributed by atoms with Gasteiger partial charge in [0.25, 0.3) is 0 Å². The molecule has 4 aromatic rings. The quantitative estimate of drug-likeness (QED) is 0.175. The van der Waals surface area contributed by atoms with Crippen molar-refractivity contribution >= 4 is 14.5 Å². The molecular formula is C40H44NO6P. The lowest BCUT2D eigenvalue weighted by molar-refractivity contribution is -0.177. The highest BCUT2D eigenvalue weighted by molar-refractivity contribution is 7.41. The fourth-order valence-corrected chi connectivity index (χ4v) is 8.64. The van der Waals surface area contributed by atoms with Gasteiger partial charge in [0.05, 0.1) is 6.04 Å². The van der Waals surface area contributed by atoms with Crippen LogP contribution in [0.15, 0.2) is 126 Å². The number of rotatable bonds is 8. The third-order valence-electron chi connectivity index (χ3n) is 9.41. The summed E-state index contributed by atoms with van der Waals surface area (Å²) in [7, 11) is -2.18. The number of nitrogens with zero attached hydrogens (tertiary/aromatic N) is 1. The van der Waals surface area contributed by atoms with Gasteiger partial charge in [0, 0.05) is 0 Å². The molecule has 0 aromatic heterocycles. The van der Waals surface area contributed by atoms with E-state index in [1.807, 2.05) is 100 Å². The molecule has 0 amide bonds. The summed E-state index contributed by atoms with van der Waals surface area (Å²) in [5, 5.41) is 0. The molecule has 3 aliphatic rings. The van der Waals surface area contributed by atoms with Crippen LogP contribution in [0.2, 0.25) is 0 Å². The maximum Gasteiger partial charge on any atom is 0.336 e. The Morgan fingerprint density at radius 1 is 0.667 bits per heavy atom. The summed E-state index contributed by atoms with van der Waals surface area (Å²) in [6.45, 7) is 12.6.